The lowest BCUT2D eigenvalue weighted by Crippen LogP contribution is -2.21. The van der Waals surface area contributed by atoms with Crippen LogP contribution >= 0.6 is 15.9 Å². The van der Waals surface area contributed by atoms with E-state index < -0.39 is 0 Å². The number of halogens is 2. The number of ether oxygens (including phenoxy) is 1. The van der Waals surface area contributed by atoms with Crippen molar-refractivity contribution in [3.63, 3.8) is 0 Å². The number of hydrogen-bond donors (Lipinski definition) is 1. The van der Waals surface area contributed by atoms with E-state index >= 15 is 0 Å². The van der Waals surface area contributed by atoms with Crippen LogP contribution in [0, 0.1) is 5.82 Å². The van der Waals surface area contributed by atoms with Crippen molar-refractivity contribution in [1.82, 2.24) is 9.97 Å². The average molecular weight is 299 g/mol. The highest BCUT2D eigenvalue weighted by molar-refractivity contribution is 9.10. The second-order valence-corrected chi connectivity index (χ2v) is 5.41. The molecule has 0 saturated carbocycles. The minimum absolute atomic E-state index is 0.287. The largest absolute Gasteiger partial charge is 0.367 e. The minimum Gasteiger partial charge on any atom is -0.367 e. The van der Waals surface area contributed by atoms with Crippen LogP contribution in [0.3, 0.4) is 0 Å². The van der Waals surface area contributed by atoms with E-state index in [1.807, 2.05) is 6.92 Å². The Morgan fingerprint density at radius 2 is 2.35 bits per heavy atom. The van der Waals surface area contributed by atoms with Crippen molar-refractivity contribution in [1.29, 1.82) is 0 Å². The molecule has 0 bridgehead atoms. The van der Waals surface area contributed by atoms with Crippen molar-refractivity contribution < 1.29 is 9.13 Å². The van der Waals surface area contributed by atoms with Crippen molar-refractivity contribution in [3.05, 3.63) is 28.2 Å². The summed E-state index contributed by atoms with van der Waals surface area (Å²) < 4.78 is 19.6. The third kappa shape index (κ3) is 1.77. The first-order valence-corrected chi connectivity index (χ1v) is 6.37. The number of nitrogens with one attached hydrogen (secondary N) is 1. The van der Waals surface area contributed by atoms with Crippen molar-refractivity contribution >= 4 is 27.0 Å². The van der Waals surface area contributed by atoms with Crippen molar-refractivity contribution in [3.8, 4) is 0 Å². The van der Waals surface area contributed by atoms with E-state index in [1.165, 1.54) is 6.07 Å². The molecule has 5 heteroatoms. The highest BCUT2D eigenvalue weighted by Crippen LogP contribution is 2.35. The summed E-state index contributed by atoms with van der Waals surface area (Å²) in [6.07, 6.45) is 1.97. The van der Waals surface area contributed by atoms with Gasteiger partial charge in [0, 0.05) is 12.7 Å². The van der Waals surface area contributed by atoms with Gasteiger partial charge in [0.25, 0.3) is 0 Å². The van der Waals surface area contributed by atoms with Crippen molar-refractivity contribution in [2.45, 2.75) is 25.4 Å². The molecule has 2 heterocycles. The number of fused-ring (bicyclic) bond motifs is 1. The molecule has 0 spiro atoms. The second kappa shape index (κ2) is 3.78. The smallest absolute Gasteiger partial charge is 0.139 e. The van der Waals surface area contributed by atoms with Crippen molar-refractivity contribution in [2.75, 3.05) is 6.61 Å². The van der Waals surface area contributed by atoms with Gasteiger partial charge in [-0.25, -0.2) is 9.37 Å². The van der Waals surface area contributed by atoms with E-state index in [9.17, 15) is 4.39 Å². The fraction of sp³-hybridized carbons (Fsp3) is 0.417. The first-order valence-electron chi connectivity index (χ1n) is 5.58. The summed E-state index contributed by atoms with van der Waals surface area (Å²) in [5, 5.41) is 0. The topological polar surface area (TPSA) is 37.9 Å². The molecule has 0 radical (unpaired) electrons. The van der Waals surface area contributed by atoms with Crippen LogP contribution in [-0.2, 0) is 10.3 Å². The third-order valence-corrected chi connectivity index (χ3v) is 3.85. The van der Waals surface area contributed by atoms with Crippen molar-refractivity contribution in [2.24, 2.45) is 0 Å². The lowest BCUT2D eigenvalue weighted by atomic mass is 10.0. The number of aromatic nitrogens is 2. The zero-order chi connectivity index (χ0) is 12.0. The molecule has 1 saturated heterocycles. The van der Waals surface area contributed by atoms with Gasteiger partial charge >= 0.3 is 0 Å². The number of H-pyrrole nitrogens is 1. The van der Waals surface area contributed by atoms with Crippen LogP contribution in [0.2, 0.25) is 0 Å². The van der Waals surface area contributed by atoms with E-state index in [2.05, 4.69) is 25.9 Å². The number of imidazole rings is 1. The molecule has 90 valence electrons. The van der Waals surface area contributed by atoms with E-state index in [0.29, 0.717) is 9.99 Å². The number of rotatable bonds is 1. The summed E-state index contributed by atoms with van der Waals surface area (Å²) in [4.78, 5) is 7.64. The molecular weight excluding hydrogens is 287 g/mol. The predicted molar refractivity (Wildman–Crippen MR) is 66.3 cm³/mol. The molecule has 1 aromatic heterocycles. The maximum atomic E-state index is 13.4. The minimum atomic E-state index is -0.359. The Bertz CT molecular complexity index is 536. The maximum absolute atomic E-state index is 13.4. The SMILES string of the molecule is CC1(c2nc3cc(Br)c(F)cc3[nH]2)CCCO1. The Morgan fingerprint density at radius 1 is 1.53 bits per heavy atom. The van der Waals surface area contributed by atoms with Gasteiger partial charge in [0.05, 0.1) is 15.5 Å². The van der Waals surface area contributed by atoms with Gasteiger partial charge in [0.15, 0.2) is 0 Å². The zero-order valence-corrected chi connectivity index (χ0v) is 11.0. The van der Waals surface area contributed by atoms with Gasteiger partial charge in [-0.3, -0.25) is 0 Å². The highest BCUT2D eigenvalue weighted by atomic mass is 79.9. The third-order valence-electron chi connectivity index (χ3n) is 3.24. The van der Waals surface area contributed by atoms with Gasteiger partial charge in [-0.15, -0.1) is 0 Å². The van der Waals surface area contributed by atoms with Crippen LogP contribution in [0.25, 0.3) is 11.0 Å². The Labute approximate surface area is 107 Å². The van der Waals surface area contributed by atoms with Gasteiger partial charge in [-0.2, -0.15) is 0 Å². The fourth-order valence-corrected chi connectivity index (χ4v) is 2.55. The molecule has 3 rings (SSSR count). The summed E-state index contributed by atoms with van der Waals surface area (Å²) >= 11 is 3.16. The molecule has 2 aromatic rings. The van der Waals surface area contributed by atoms with Gasteiger partial charge < -0.3 is 9.72 Å². The van der Waals surface area contributed by atoms with Crippen LogP contribution in [-0.4, -0.2) is 16.6 Å². The number of nitrogens with zero attached hydrogens (tertiary/aromatic N) is 1. The molecule has 1 fully saturated rings. The molecule has 1 aliphatic heterocycles. The monoisotopic (exact) mass is 298 g/mol. The molecule has 0 aliphatic carbocycles. The van der Waals surface area contributed by atoms with Gasteiger partial charge in [-0.05, 0) is 41.8 Å². The molecule has 0 amide bonds. The maximum Gasteiger partial charge on any atom is 0.139 e. The number of hydrogen-bond acceptors (Lipinski definition) is 2. The van der Waals surface area contributed by atoms with Crippen LogP contribution in [0.1, 0.15) is 25.6 Å². The second-order valence-electron chi connectivity index (χ2n) is 4.55. The number of aromatic amines is 1. The molecular formula is C12H12BrFN2O. The highest BCUT2D eigenvalue weighted by Gasteiger charge is 2.34. The fourth-order valence-electron chi connectivity index (χ4n) is 2.22. The Hall–Kier alpha value is -0.940. The molecule has 1 aliphatic rings. The lowest BCUT2D eigenvalue weighted by molar-refractivity contribution is 0.0103. The number of benzene rings is 1. The molecule has 1 N–H and O–H groups in total. The first-order chi connectivity index (χ1) is 8.08. The Balaban J connectivity index is 2.13. The first kappa shape index (κ1) is 11.2. The standard InChI is InChI=1S/C12H12BrFN2O/c1-12(3-2-4-17-12)11-15-9-5-7(13)8(14)6-10(9)16-11/h5-6H,2-4H2,1H3,(H,15,16). The zero-order valence-electron chi connectivity index (χ0n) is 9.39. The normalized spacial score (nSPS) is 24.6. The summed E-state index contributed by atoms with van der Waals surface area (Å²) in [7, 11) is 0. The van der Waals surface area contributed by atoms with Crippen LogP contribution in [0.4, 0.5) is 4.39 Å². The van der Waals surface area contributed by atoms with Gasteiger partial charge in [-0.1, -0.05) is 0 Å². The van der Waals surface area contributed by atoms with E-state index in [-0.39, 0.29) is 11.4 Å². The molecule has 1 unspecified atom stereocenters. The van der Waals surface area contributed by atoms with E-state index in [4.69, 9.17) is 4.74 Å². The van der Waals surface area contributed by atoms with Crippen LogP contribution in [0.15, 0.2) is 16.6 Å². The summed E-state index contributed by atoms with van der Waals surface area (Å²) in [5.74, 6) is 0.493. The summed E-state index contributed by atoms with van der Waals surface area (Å²) in [5.41, 5.74) is 1.10. The molecule has 17 heavy (non-hydrogen) atoms. The van der Waals surface area contributed by atoms with Gasteiger partial charge in [0.1, 0.15) is 17.2 Å². The van der Waals surface area contributed by atoms with Gasteiger partial charge in [0.2, 0.25) is 0 Å². The summed E-state index contributed by atoms with van der Waals surface area (Å²) in [6, 6.07) is 3.14. The molecule has 3 nitrogen and oxygen atoms in total. The van der Waals surface area contributed by atoms with E-state index in [1.54, 1.807) is 6.07 Å². The average Bonchev–Trinajstić information content (AvgIpc) is 2.87. The quantitative estimate of drug-likeness (QED) is 0.875. The Kier molecular flexibility index (Phi) is 2.48. The molecule has 1 atom stereocenters. The van der Waals surface area contributed by atoms with E-state index in [0.717, 1.165) is 30.8 Å². The lowest BCUT2D eigenvalue weighted by Gasteiger charge is -2.19. The predicted octanol–water partition coefficient (Wildman–Crippen LogP) is 3.49. The Morgan fingerprint density at radius 3 is 3.06 bits per heavy atom. The summed E-state index contributed by atoms with van der Waals surface area (Å²) in [6.45, 7) is 2.77. The van der Waals surface area contributed by atoms with Crippen LogP contribution in [0.5, 0.6) is 0 Å². The van der Waals surface area contributed by atoms with Crippen LogP contribution < -0.4 is 0 Å². The molecule has 1 aromatic carbocycles.